The fourth-order valence-corrected chi connectivity index (χ4v) is 2.96. The molecule has 0 saturated carbocycles. The molecule has 0 saturated heterocycles. The van der Waals surface area contributed by atoms with E-state index in [1.165, 1.54) is 24.5 Å². The van der Waals surface area contributed by atoms with Gasteiger partial charge in [0.25, 0.3) is 11.7 Å². The molecule has 150 valence electrons. The number of ether oxygens (including phenoxy) is 1. The fraction of sp³-hybridized carbons (Fsp3) is 0.190. The Hall–Kier alpha value is -3.68. The number of H-pyrrole nitrogens is 1. The van der Waals surface area contributed by atoms with Crippen molar-refractivity contribution < 1.29 is 27.9 Å². The van der Waals surface area contributed by atoms with Gasteiger partial charge in [0.2, 0.25) is 0 Å². The summed E-state index contributed by atoms with van der Waals surface area (Å²) >= 11 is 0. The van der Waals surface area contributed by atoms with Crippen LogP contribution in [0.15, 0.2) is 47.1 Å². The topological polar surface area (TPSA) is 101 Å². The van der Waals surface area contributed by atoms with Crippen LogP contribution in [0, 0.1) is 12.7 Å². The van der Waals surface area contributed by atoms with Crippen molar-refractivity contribution in [3.8, 4) is 11.1 Å². The Kier molecular flexibility index (Phi) is 5.92. The van der Waals surface area contributed by atoms with Gasteiger partial charge in [-0.05, 0) is 32.0 Å². The van der Waals surface area contributed by atoms with Crippen molar-refractivity contribution in [3.05, 3.63) is 71.2 Å². The van der Waals surface area contributed by atoms with Gasteiger partial charge in [0, 0.05) is 16.8 Å². The number of amides is 1. The van der Waals surface area contributed by atoms with Gasteiger partial charge in [0.15, 0.2) is 0 Å². The molecule has 29 heavy (non-hydrogen) atoms. The summed E-state index contributed by atoms with van der Waals surface area (Å²) in [6, 6.07) is 8.99. The molecule has 0 aliphatic carbocycles. The number of nitrogens with one attached hydrogen (secondary N) is 2. The molecule has 7 nitrogen and oxygen atoms in total. The molecule has 0 atom stereocenters. The summed E-state index contributed by atoms with van der Waals surface area (Å²) in [4.78, 5) is 40.4. The molecule has 0 aliphatic heterocycles. The molecule has 8 heteroatoms. The predicted molar refractivity (Wildman–Crippen MR) is 102 cm³/mol. The van der Waals surface area contributed by atoms with Gasteiger partial charge in [-0.1, -0.05) is 18.2 Å². The second-order valence-electron chi connectivity index (χ2n) is 6.17. The number of aromatic nitrogens is 1. The first-order valence-electron chi connectivity index (χ1n) is 8.93. The minimum atomic E-state index is -0.937. The van der Waals surface area contributed by atoms with E-state index in [0.717, 1.165) is 0 Å². The van der Waals surface area contributed by atoms with Crippen molar-refractivity contribution in [3.63, 3.8) is 0 Å². The lowest BCUT2D eigenvalue weighted by molar-refractivity contribution is -0.117. The number of esters is 1. The van der Waals surface area contributed by atoms with E-state index in [1.807, 2.05) is 0 Å². The van der Waals surface area contributed by atoms with Crippen LogP contribution in [-0.4, -0.2) is 29.3 Å². The number of aryl methyl sites for hydroxylation is 1. The highest BCUT2D eigenvalue weighted by Gasteiger charge is 2.30. The number of carbonyl (C=O) groups excluding carboxylic acids is 3. The van der Waals surface area contributed by atoms with Gasteiger partial charge in [-0.3, -0.25) is 9.59 Å². The minimum absolute atomic E-state index is 0.00259. The van der Waals surface area contributed by atoms with Crippen molar-refractivity contribution in [2.24, 2.45) is 0 Å². The molecule has 0 spiro atoms. The van der Waals surface area contributed by atoms with Crippen LogP contribution >= 0.6 is 0 Å². The van der Waals surface area contributed by atoms with E-state index < -0.39 is 23.5 Å². The number of Topliss-reactive ketones (excluding diaryl/α,β-unsaturated/α-hetero) is 1. The van der Waals surface area contributed by atoms with Gasteiger partial charge >= 0.3 is 5.97 Å². The second-order valence-corrected chi connectivity index (χ2v) is 6.17. The maximum absolute atomic E-state index is 14.5. The number of benzene rings is 1. The predicted octanol–water partition coefficient (Wildman–Crippen LogP) is 3.40. The Bertz CT molecular complexity index is 1050. The smallest absolute Gasteiger partial charge is 0.340 e. The standard InChI is InChI=1S/C21H19FN2O5/c1-3-28-21(27)16-12(2)24-18(17(16)14-8-4-5-9-15(14)22)19(25)20(26)23-11-13-7-6-10-29-13/h4-10,24H,3,11H2,1-2H3,(H,23,26). The summed E-state index contributed by atoms with van der Waals surface area (Å²) in [5, 5.41) is 2.45. The van der Waals surface area contributed by atoms with E-state index in [4.69, 9.17) is 9.15 Å². The van der Waals surface area contributed by atoms with Gasteiger partial charge in [-0.25, -0.2) is 9.18 Å². The highest BCUT2D eigenvalue weighted by molar-refractivity contribution is 6.43. The first kappa shape index (κ1) is 20.1. The van der Waals surface area contributed by atoms with Gasteiger partial charge < -0.3 is 19.5 Å². The lowest BCUT2D eigenvalue weighted by atomic mass is 9.98. The molecule has 2 aromatic heterocycles. The van der Waals surface area contributed by atoms with Crippen LogP contribution in [0.3, 0.4) is 0 Å². The number of hydrogen-bond acceptors (Lipinski definition) is 5. The fourth-order valence-electron chi connectivity index (χ4n) is 2.96. The Morgan fingerprint density at radius 3 is 2.59 bits per heavy atom. The molecular formula is C21H19FN2O5. The van der Waals surface area contributed by atoms with Gasteiger partial charge in [-0.15, -0.1) is 0 Å². The molecular weight excluding hydrogens is 379 g/mol. The van der Waals surface area contributed by atoms with E-state index in [-0.39, 0.29) is 35.5 Å². The molecule has 1 aromatic carbocycles. The molecule has 0 unspecified atom stereocenters. The van der Waals surface area contributed by atoms with Crippen LogP contribution < -0.4 is 5.32 Å². The first-order chi connectivity index (χ1) is 13.9. The number of ketones is 1. The van der Waals surface area contributed by atoms with Crippen LogP contribution in [0.4, 0.5) is 4.39 Å². The van der Waals surface area contributed by atoms with Crippen LogP contribution in [-0.2, 0) is 16.1 Å². The summed E-state index contributed by atoms with van der Waals surface area (Å²) in [7, 11) is 0. The third kappa shape index (κ3) is 4.11. The molecule has 2 N–H and O–H groups in total. The number of halogens is 1. The summed E-state index contributed by atoms with van der Waals surface area (Å²) in [6.07, 6.45) is 1.44. The van der Waals surface area contributed by atoms with Gasteiger partial charge in [0.1, 0.15) is 17.3 Å². The quantitative estimate of drug-likeness (QED) is 0.361. The maximum atomic E-state index is 14.5. The van der Waals surface area contributed by atoms with E-state index in [2.05, 4.69) is 10.3 Å². The normalized spacial score (nSPS) is 10.6. The van der Waals surface area contributed by atoms with Crippen LogP contribution in [0.5, 0.6) is 0 Å². The second kappa shape index (κ2) is 8.55. The van der Waals surface area contributed by atoms with E-state index in [9.17, 15) is 18.8 Å². The Morgan fingerprint density at radius 1 is 1.17 bits per heavy atom. The van der Waals surface area contributed by atoms with Crippen molar-refractivity contribution in [1.82, 2.24) is 10.3 Å². The first-order valence-corrected chi connectivity index (χ1v) is 8.93. The summed E-state index contributed by atoms with van der Waals surface area (Å²) in [5.74, 6) is -2.74. The molecule has 0 fully saturated rings. The van der Waals surface area contributed by atoms with E-state index in [0.29, 0.717) is 11.5 Å². The molecule has 2 heterocycles. The lowest BCUT2D eigenvalue weighted by Crippen LogP contribution is -2.31. The van der Waals surface area contributed by atoms with Crippen molar-refractivity contribution in [2.75, 3.05) is 6.61 Å². The van der Waals surface area contributed by atoms with Crippen LogP contribution in [0.1, 0.15) is 39.2 Å². The Labute approximate surface area is 165 Å². The summed E-state index contributed by atoms with van der Waals surface area (Å²) < 4.78 is 24.7. The molecule has 1 amide bonds. The van der Waals surface area contributed by atoms with Crippen LogP contribution in [0.25, 0.3) is 11.1 Å². The number of hydrogen-bond donors (Lipinski definition) is 2. The lowest BCUT2D eigenvalue weighted by Gasteiger charge is -2.09. The molecule has 3 aromatic rings. The summed E-state index contributed by atoms with van der Waals surface area (Å²) in [5.41, 5.74) is 0.134. The van der Waals surface area contributed by atoms with Crippen LogP contribution in [0.2, 0.25) is 0 Å². The van der Waals surface area contributed by atoms with Gasteiger partial charge in [0.05, 0.1) is 25.0 Å². The van der Waals surface area contributed by atoms with Crippen molar-refractivity contribution in [1.29, 1.82) is 0 Å². The maximum Gasteiger partial charge on any atom is 0.340 e. The van der Waals surface area contributed by atoms with Gasteiger partial charge in [-0.2, -0.15) is 0 Å². The summed E-state index contributed by atoms with van der Waals surface area (Å²) in [6.45, 7) is 3.30. The largest absolute Gasteiger partial charge is 0.467 e. The zero-order chi connectivity index (χ0) is 21.0. The average Bonchev–Trinajstić information content (AvgIpc) is 3.33. The van der Waals surface area contributed by atoms with Crippen molar-refractivity contribution >= 4 is 17.7 Å². The third-order valence-corrected chi connectivity index (χ3v) is 4.25. The molecule has 0 bridgehead atoms. The number of aromatic amines is 1. The molecule has 0 radical (unpaired) electrons. The number of rotatable bonds is 7. The SMILES string of the molecule is CCOC(=O)c1c(C)[nH]c(C(=O)C(=O)NCc2ccco2)c1-c1ccccc1F. The average molecular weight is 398 g/mol. The molecule has 3 rings (SSSR count). The highest BCUT2D eigenvalue weighted by Crippen LogP contribution is 2.33. The number of carbonyl (C=O) groups is 3. The minimum Gasteiger partial charge on any atom is -0.467 e. The zero-order valence-electron chi connectivity index (χ0n) is 15.9. The zero-order valence-corrected chi connectivity index (χ0v) is 15.9. The Morgan fingerprint density at radius 2 is 1.93 bits per heavy atom. The van der Waals surface area contributed by atoms with E-state index in [1.54, 1.807) is 32.0 Å². The number of furan rings is 1. The Balaban J connectivity index is 2.02. The van der Waals surface area contributed by atoms with Crippen molar-refractivity contribution in [2.45, 2.75) is 20.4 Å². The third-order valence-electron chi connectivity index (χ3n) is 4.25. The highest BCUT2D eigenvalue weighted by atomic mass is 19.1. The monoisotopic (exact) mass is 398 g/mol. The van der Waals surface area contributed by atoms with E-state index >= 15 is 0 Å². The molecule has 0 aliphatic rings.